The van der Waals surface area contributed by atoms with Gasteiger partial charge in [0, 0.05) is 38.5 Å². The molecule has 18 heavy (non-hydrogen) atoms. The third-order valence-electron chi connectivity index (χ3n) is 4.02. The smallest absolute Gasteiger partial charge is 0.0540 e. The first-order valence-corrected chi connectivity index (χ1v) is 6.59. The van der Waals surface area contributed by atoms with Crippen LogP contribution in [0, 0.1) is 12.8 Å². The molecule has 0 spiro atoms. The molecule has 1 aromatic heterocycles. The van der Waals surface area contributed by atoms with Gasteiger partial charge in [-0.2, -0.15) is 5.10 Å². The van der Waals surface area contributed by atoms with E-state index >= 15 is 0 Å². The maximum absolute atomic E-state index is 5.97. The van der Waals surface area contributed by atoms with E-state index < -0.39 is 0 Å². The van der Waals surface area contributed by atoms with Crippen molar-refractivity contribution in [2.24, 2.45) is 18.7 Å². The van der Waals surface area contributed by atoms with Gasteiger partial charge in [-0.25, -0.2) is 0 Å². The Kier molecular flexibility index (Phi) is 4.37. The summed E-state index contributed by atoms with van der Waals surface area (Å²) >= 11 is 0. The molecule has 2 N–H and O–H groups in total. The van der Waals surface area contributed by atoms with Crippen LogP contribution in [-0.2, 0) is 11.8 Å². The summed E-state index contributed by atoms with van der Waals surface area (Å²) in [5.41, 5.74) is 8.44. The van der Waals surface area contributed by atoms with E-state index in [1.165, 1.54) is 17.7 Å². The topological polar surface area (TPSA) is 56.3 Å². The first kappa shape index (κ1) is 13.5. The van der Waals surface area contributed by atoms with E-state index in [0.29, 0.717) is 18.5 Å². The third kappa shape index (κ3) is 2.58. The van der Waals surface area contributed by atoms with Gasteiger partial charge in [0.15, 0.2) is 0 Å². The molecule has 1 aliphatic rings. The molecule has 1 fully saturated rings. The minimum Gasteiger partial charge on any atom is -0.384 e. The van der Waals surface area contributed by atoms with E-state index in [-0.39, 0.29) is 0 Å². The van der Waals surface area contributed by atoms with Gasteiger partial charge in [0.2, 0.25) is 0 Å². The SMILES string of the molecule is COCC1CCN(C(CN)c2cnn(C)c2C)C1. The lowest BCUT2D eigenvalue weighted by molar-refractivity contribution is 0.147. The molecule has 102 valence electrons. The van der Waals surface area contributed by atoms with Crippen molar-refractivity contribution in [1.82, 2.24) is 14.7 Å². The van der Waals surface area contributed by atoms with Crippen LogP contribution in [-0.4, -0.2) is 48.0 Å². The minimum atomic E-state index is 0.292. The van der Waals surface area contributed by atoms with Gasteiger partial charge in [-0.1, -0.05) is 0 Å². The quantitative estimate of drug-likeness (QED) is 0.838. The number of aromatic nitrogens is 2. The predicted octanol–water partition coefficient (Wildman–Crippen LogP) is 0.697. The number of hydrogen-bond acceptors (Lipinski definition) is 4. The standard InChI is InChI=1S/C13H24N4O/c1-10-12(7-15-16(10)2)13(6-14)17-5-4-11(8-17)9-18-3/h7,11,13H,4-6,8-9,14H2,1-3H3. The zero-order chi connectivity index (χ0) is 13.1. The van der Waals surface area contributed by atoms with Crippen molar-refractivity contribution in [3.63, 3.8) is 0 Å². The molecule has 0 bridgehead atoms. The molecule has 1 saturated heterocycles. The van der Waals surface area contributed by atoms with Gasteiger partial charge in [-0.05, 0) is 25.8 Å². The molecule has 0 radical (unpaired) electrons. The van der Waals surface area contributed by atoms with Gasteiger partial charge < -0.3 is 10.5 Å². The van der Waals surface area contributed by atoms with Crippen molar-refractivity contribution in [2.75, 3.05) is 33.4 Å². The average molecular weight is 252 g/mol. The number of nitrogens with zero attached hydrogens (tertiary/aromatic N) is 3. The van der Waals surface area contributed by atoms with Crippen LogP contribution in [0.25, 0.3) is 0 Å². The molecule has 0 amide bonds. The molecule has 5 heteroatoms. The molecule has 2 unspecified atom stereocenters. The number of methoxy groups -OCH3 is 1. The fourth-order valence-electron chi connectivity index (χ4n) is 2.83. The zero-order valence-electron chi connectivity index (χ0n) is 11.6. The Bertz CT molecular complexity index is 390. The molecule has 1 aromatic rings. The molecule has 2 atom stereocenters. The van der Waals surface area contributed by atoms with Gasteiger partial charge in [-0.15, -0.1) is 0 Å². The normalized spacial score (nSPS) is 22.6. The Labute approximate surface area is 109 Å². The van der Waals surface area contributed by atoms with Crippen LogP contribution >= 0.6 is 0 Å². The van der Waals surface area contributed by atoms with Crippen molar-refractivity contribution < 1.29 is 4.74 Å². The lowest BCUT2D eigenvalue weighted by Gasteiger charge is -2.26. The van der Waals surface area contributed by atoms with Gasteiger partial charge >= 0.3 is 0 Å². The van der Waals surface area contributed by atoms with E-state index in [0.717, 1.165) is 19.7 Å². The lowest BCUT2D eigenvalue weighted by atomic mass is 10.1. The monoisotopic (exact) mass is 252 g/mol. The maximum atomic E-state index is 5.97. The van der Waals surface area contributed by atoms with Crippen molar-refractivity contribution >= 4 is 0 Å². The van der Waals surface area contributed by atoms with Crippen LogP contribution in [0.4, 0.5) is 0 Å². The molecular weight excluding hydrogens is 228 g/mol. The summed E-state index contributed by atoms with van der Waals surface area (Å²) in [4.78, 5) is 2.47. The Morgan fingerprint density at radius 1 is 1.61 bits per heavy atom. The van der Waals surface area contributed by atoms with Crippen LogP contribution in [0.1, 0.15) is 23.7 Å². The second-order valence-corrected chi connectivity index (χ2v) is 5.17. The largest absolute Gasteiger partial charge is 0.384 e. The van der Waals surface area contributed by atoms with E-state index in [4.69, 9.17) is 10.5 Å². The first-order chi connectivity index (χ1) is 8.67. The summed E-state index contributed by atoms with van der Waals surface area (Å²) in [6.07, 6.45) is 3.15. The van der Waals surface area contributed by atoms with Crippen molar-refractivity contribution in [3.8, 4) is 0 Å². The summed E-state index contributed by atoms with van der Waals surface area (Å²) in [6.45, 7) is 5.77. The van der Waals surface area contributed by atoms with E-state index in [1.54, 1.807) is 7.11 Å². The highest BCUT2D eigenvalue weighted by Crippen LogP contribution is 2.28. The molecule has 1 aliphatic heterocycles. The number of rotatable bonds is 5. The summed E-state index contributed by atoms with van der Waals surface area (Å²) in [5.74, 6) is 0.640. The molecule has 0 aromatic carbocycles. The maximum Gasteiger partial charge on any atom is 0.0540 e. The minimum absolute atomic E-state index is 0.292. The van der Waals surface area contributed by atoms with Crippen molar-refractivity contribution in [1.29, 1.82) is 0 Å². The van der Waals surface area contributed by atoms with Gasteiger partial charge in [0.05, 0.1) is 18.8 Å². The number of likely N-dealkylation sites (tertiary alicyclic amines) is 1. The lowest BCUT2D eigenvalue weighted by Crippen LogP contribution is -2.32. The Hall–Kier alpha value is -0.910. The Balaban J connectivity index is 2.08. The molecule has 0 saturated carbocycles. The van der Waals surface area contributed by atoms with Crippen molar-refractivity contribution in [2.45, 2.75) is 19.4 Å². The van der Waals surface area contributed by atoms with Crippen LogP contribution in [0.5, 0.6) is 0 Å². The third-order valence-corrected chi connectivity index (χ3v) is 4.02. The average Bonchev–Trinajstić information content (AvgIpc) is 2.93. The van der Waals surface area contributed by atoms with Crippen LogP contribution in [0.15, 0.2) is 6.20 Å². The fraction of sp³-hybridized carbons (Fsp3) is 0.769. The number of ether oxygens (including phenoxy) is 1. The molecule has 0 aliphatic carbocycles. The Morgan fingerprint density at radius 2 is 2.39 bits per heavy atom. The summed E-state index contributed by atoms with van der Waals surface area (Å²) in [7, 11) is 3.75. The second-order valence-electron chi connectivity index (χ2n) is 5.17. The zero-order valence-corrected chi connectivity index (χ0v) is 11.6. The second kappa shape index (κ2) is 5.82. The van der Waals surface area contributed by atoms with Crippen LogP contribution in [0.3, 0.4) is 0 Å². The van der Waals surface area contributed by atoms with Crippen molar-refractivity contribution in [3.05, 3.63) is 17.5 Å². The summed E-state index contributed by atoms with van der Waals surface area (Å²) in [5, 5.41) is 4.32. The van der Waals surface area contributed by atoms with Gasteiger partial charge in [0.1, 0.15) is 0 Å². The van der Waals surface area contributed by atoms with E-state index in [9.17, 15) is 0 Å². The molecular formula is C13H24N4O. The van der Waals surface area contributed by atoms with Gasteiger partial charge in [-0.3, -0.25) is 9.58 Å². The fourth-order valence-corrected chi connectivity index (χ4v) is 2.83. The number of aryl methyl sites for hydroxylation is 1. The van der Waals surface area contributed by atoms with E-state index in [1.807, 2.05) is 17.9 Å². The Morgan fingerprint density at radius 3 is 2.94 bits per heavy atom. The van der Waals surface area contributed by atoms with E-state index in [2.05, 4.69) is 16.9 Å². The number of nitrogens with two attached hydrogens (primary N) is 1. The van der Waals surface area contributed by atoms with Crippen LogP contribution in [0.2, 0.25) is 0 Å². The summed E-state index contributed by atoms with van der Waals surface area (Å²) in [6, 6.07) is 0.292. The predicted molar refractivity (Wildman–Crippen MR) is 71.3 cm³/mol. The number of hydrogen-bond donors (Lipinski definition) is 1. The van der Waals surface area contributed by atoms with Gasteiger partial charge in [0.25, 0.3) is 0 Å². The highest BCUT2D eigenvalue weighted by Gasteiger charge is 2.29. The molecule has 2 rings (SSSR count). The van der Waals surface area contributed by atoms with Crippen LogP contribution < -0.4 is 5.73 Å². The molecule has 2 heterocycles. The molecule has 5 nitrogen and oxygen atoms in total. The highest BCUT2D eigenvalue weighted by atomic mass is 16.5. The first-order valence-electron chi connectivity index (χ1n) is 6.59. The summed E-state index contributed by atoms with van der Waals surface area (Å²) < 4.78 is 7.16. The highest BCUT2D eigenvalue weighted by molar-refractivity contribution is 5.21.